The molecule has 3 nitrogen and oxygen atoms in total. The van der Waals surface area contributed by atoms with Crippen LogP contribution in [0.4, 0.5) is 0 Å². The van der Waals surface area contributed by atoms with E-state index in [1.54, 1.807) is 3.06 Å². The molecule has 2 aromatic carbocycles. The van der Waals surface area contributed by atoms with Crippen LogP contribution in [0.1, 0.15) is 12.8 Å². The first-order chi connectivity index (χ1) is 9.77. The predicted molar refractivity (Wildman–Crippen MR) is 79.0 cm³/mol. The first-order valence-electron chi connectivity index (χ1n) is 6.53. The molecular formula is C16H14NO2Sb. The Kier molecular flexibility index (Phi) is 3.88. The van der Waals surface area contributed by atoms with Crippen LogP contribution in [0.5, 0.6) is 0 Å². The molecule has 100 valence electrons. The first kappa shape index (κ1) is 13.4. The topological polar surface area (TPSA) is 37.4 Å². The Bertz CT molecular complexity index is 572. The van der Waals surface area contributed by atoms with Gasteiger partial charge in [0.2, 0.25) is 0 Å². The van der Waals surface area contributed by atoms with Gasteiger partial charge in [0.15, 0.2) is 0 Å². The summed E-state index contributed by atoms with van der Waals surface area (Å²) in [7, 11) is 0. The van der Waals surface area contributed by atoms with Crippen molar-refractivity contribution in [3.63, 3.8) is 0 Å². The number of hydrogen-bond donors (Lipinski definition) is 0. The van der Waals surface area contributed by atoms with Gasteiger partial charge in [0.05, 0.1) is 0 Å². The summed E-state index contributed by atoms with van der Waals surface area (Å²) in [5.74, 6) is -0.0172. The SMILES string of the molecule is O=C1CCC(=O)[N]1[Sb]([c]1ccccc1)[c]1ccccc1. The molecule has 0 atom stereocenters. The molecule has 1 heterocycles. The van der Waals surface area contributed by atoms with Crippen molar-refractivity contribution < 1.29 is 9.59 Å². The van der Waals surface area contributed by atoms with Gasteiger partial charge in [-0.25, -0.2) is 0 Å². The Hall–Kier alpha value is -1.60. The third-order valence-electron chi connectivity index (χ3n) is 3.23. The Morgan fingerprint density at radius 2 is 1.10 bits per heavy atom. The molecule has 0 saturated carbocycles. The normalized spacial score (nSPS) is 15.2. The predicted octanol–water partition coefficient (Wildman–Crippen LogP) is 0.941. The minimum atomic E-state index is -2.52. The molecule has 1 saturated heterocycles. The van der Waals surface area contributed by atoms with Crippen molar-refractivity contribution in [2.24, 2.45) is 0 Å². The molecule has 0 N–H and O–H groups in total. The van der Waals surface area contributed by atoms with E-state index in [4.69, 9.17) is 0 Å². The number of imide groups is 1. The quantitative estimate of drug-likeness (QED) is 0.593. The fourth-order valence-electron chi connectivity index (χ4n) is 2.31. The Labute approximate surface area is 125 Å². The van der Waals surface area contributed by atoms with Gasteiger partial charge >= 0.3 is 125 Å². The molecule has 1 aliphatic heterocycles. The molecule has 0 bridgehead atoms. The number of amides is 2. The van der Waals surface area contributed by atoms with Crippen LogP contribution in [0.3, 0.4) is 0 Å². The van der Waals surface area contributed by atoms with Crippen molar-refractivity contribution in [1.82, 2.24) is 3.06 Å². The molecule has 2 aromatic rings. The Morgan fingerprint density at radius 3 is 1.50 bits per heavy atom. The molecule has 20 heavy (non-hydrogen) atoms. The molecule has 0 radical (unpaired) electrons. The summed E-state index contributed by atoms with van der Waals surface area (Å²) in [6.07, 6.45) is 0.721. The second-order valence-electron chi connectivity index (χ2n) is 4.58. The van der Waals surface area contributed by atoms with E-state index in [0.29, 0.717) is 12.8 Å². The van der Waals surface area contributed by atoms with E-state index in [2.05, 4.69) is 0 Å². The van der Waals surface area contributed by atoms with Gasteiger partial charge in [-0.3, -0.25) is 0 Å². The summed E-state index contributed by atoms with van der Waals surface area (Å²) < 4.78 is 3.88. The molecule has 2 amide bonds. The van der Waals surface area contributed by atoms with Crippen LogP contribution in [0.25, 0.3) is 0 Å². The van der Waals surface area contributed by atoms with Gasteiger partial charge in [-0.1, -0.05) is 0 Å². The molecule has 0 spiro atoms. The zero-order valence-electron chi connectivity index (χ0n) is 10.9. The molecule has 3 rings (SSSR count). The summed E-state index contributed by atoms with van der Waals surface area (Å²) in [5, 5.41) is 0. The van der Waals surface area contributed by atoms with Crippen molar-refractivity contribution in [3.8, 4) is 0 Å². The van der Waals surface area contributed by atoms with E-state index in [9.17, 15) is 9.59 Å². The van der Waals surface area contributed by atoms with Crippen molar-refractivity contribution in [2.75, 3.05) is 0 Å². The third kappa shape index (κ3) is 2.50. The summed E-state index contributed by atoms with van der Waals surface area (Å²) in [6.45, 7) is 0. The summed E-state index contributed by atoms with van der Waals surface area (Å²) in [4.78, 5) is 24.2. The summed E-state index contributed by atoms with van der Waals surface area (Å²) in [5.41, 5.74) is 0. The molecule has 0 aliphatic carbocycles. The molecule has 1 fully saturated rings. The van der Waals surface area contributed by atoms with Crippen LogP contribution in [0.2, 0.25) is 0 Å². The van der Waals surface area contributed by atoms with Crippen LogP contribution in [0, 0.1) is 0 Å². The van der Waals surface area contributed by atoms with Gasteiger partial charge in [-0.15, -0.1) is 0 Å². The van der Waals surface area contributed by atoms with E-state index < -0.39 is 20.5 Å². The van der Waals surface area contributed by atoms with E-state index in [0.717, 1.165) is 7.02 Å². The summed E-state index contributed by atoms with van der Waals surface area (Å²) >= 11 is -2.52. The first-order valence-corrected chi connectivity index (χ1v) is 10.2. The summed E-state index contributed by atoms with van der Waals surface area (Å²) in [6, 6.07) is 20.0. The fraction of sp³-hybridized carbons (Fsp3) is 0.125. The van der Waals surface area contributed by atoms with Crippen LogP contribution in [-0.2, 0) is 9.59 Å². The van der Waals surface area contributed by atoms with E-state index in [1.165, 1.54) is 0 Å². The van der Waals surface area contributed by atoms with E-state index >= 15 is 0 Å². The van der Waals surface area contributed by atoms with Gasteiger partial charge in [-0.2, -0.15) is 0 Å². The number of rotatable bonds is 3. The van der Waals surface area contributed by atoms with E-state index in [1.807, 2.05) is 60.7 Å². The fourth-order valence-corrected chi connectivity index (χ4v) is 8.91. The van der Waals surface area contributed by atoms with Crippen LogP contribution >= 0.6 is 0 Å². The number of nitrogens with zero attached hydrogens (tertiary/aromatic N) is 1. The maximum absolute atomic E-state index is 12.1. The van der Waals surface area contributed by atoms with Gasteiger partial charge in [0.1, 0.15) is 0 Å². The molecule has 0 unspecified atom stereocenters. The zero-order chi connectivity index (χ0) is 13.9. The minimum absolute atomic E-state index is 0.00861. The third-order valence-corrected chi connectivity index (χ3v) is 10.1. The number of carbonyl (C=O) groups is 2. The Morgan fingerprint density at radius 1 is 0.700 bits per heavy atom. The Balaban J connectivity index is 2.09. The molecule has 4 heteroatoms. The van der Waals surface area contributed by atoms with Gasteiger partial charge in [-0.05, 0) is 0 Å². The van der Waals surface area contributed by atoms with Gasteiger partial charge < -0.3 is 0 Å². The molecular weight excluding hydrogens is 360 g/mol. The van der Waals surface area contributed by atoms with Crippen LogP contribution < -0.4 is 7.02 Å². The standard InChI is InChI=1S/2C6H5.C4H5NO2.Sb/c2*1-2-4-6-5-3-1;6-3-1-2-4(7)5-3;/h2*1-5H;1-2H2,(H,5,6,7);/q;;;+1/p-1. The van der Waals surface area contributed by atoms with Gasteiger partial charge in [0, 0.05) is 0 Å². The van der Waals surface area contributed by atoms with Crippen LogP contribution in [-0.4, -0.2) is 35.4 Å². The average molecular weight is 374 g/mol. The average Bonchev–Trinajstić information content (AvgIpc) is 2.82. The van der Waals surface area contributed by atoms with Crippen molar-refractivity contribution in [3.05, 3.63) is 60.7 Å². The van der Waals surface area contributed by atoms with Crippen LogP contribution in [0.15, 0.2) is 60.7 Å². The number of carbonyl (C=O) groups excluding carboxylic acids is 2. The second-order valence-corrected chi connectivity index (χ2v) is 10.5. The monoisotopic (exact) mass is 373 g/mol. The van der Waals surface area contributed by atoms with Crippen molar-refractivity contribution in [2.45, 2.75) is 12.8 Å². The maximum atomic E-state index is 12.1. The van der Waals surface area contributed by atoms with Crippen molar-refractivity contribution >= 4 is 39.3 Å². The number of hydrogen-bond acceptors (Lipinski definition) is 2. The molecule has 1 aliphatic rings. The molecule has 0 aromatic heterocycles. The van der Waals surface area contributed by atoms with Gasteiger partial charge in [0.25, 0.3) is 0 Å². The second kappa shape index (κ2) is 5.80. The zero-order valence-corrected chi connectivity index (χ0v) is 13.5. The van der Waals surface area contributed by atoms with Crippen molar-refractivity contribution in [1.29, 1.82) is 0 Å². The number of benzene rings is 2. The van der Waals surface area contributed by atoms with E-state index in [-0.39, 0.29) is 11.8 Å².